The predicted molar refractivity (Wildman–Crippen MR) is 77.7 cm³/mol. The van der Waals surface area contributed by atoms with E-state index in [0.717, 1.165) is 25.7 Å². The van der Waals surface area contributed by atoms with Gasteiger partial charge in [-0.25, -0.2) is 0 Å². The van der Waals surface area contributed by atoms with Crippen LogP contribution in [0.5, 0.6) is 0 Å². The van der Waals surface area contributed by atoms with Crippen LogP contribution >= 0.6 is 0 Å². The van der Waals surface area contributed by atoms with Crippen LogP contribution < -0.4 is 0 Å². The Balaban J connectivity index is 1.87. The monoisotopic (exact) mass is 254 g/mol. The van der Waals surface area contributed by atoms with Gasteiger partial charge < -0.3 is 5.11 Å². The first-order valence-electron chi connectivity index (χ1n) is 7.43. The second-order valence-electron chi connectivity index (χ2n) is 6.07. The first kappa shape index (κ1) is 12.8. The zero-order chi connectivity index (χ0) is 13.3. The third kappa shape index (κ3) is 2.19. The molecule has 0 aliphatic heterocycles. The topological polar surface area (TPSA) is 20.2 Å². The Kier molecular flexibility index (Phi) is 3.37. The van der Waals surface area contributed by atoms with Gasteiger partial charge in [-0.1, -0.05) is 24.3 Å². The van der Waals surface area contributed by atoms with E-state index in [9.17, 15) is 5.11 Å². The fourth-order valence-electron chi connectivity index (χ4n) is 4.08. The molecule has 1 aromatic carbocycles. The van der Waals surface area contributed by atoms with Crippen LogP contribution in [0.4, 0.5) is 0 Å². The van der Waals surface area contributed by atoms with Gasteiger partial charge in [0, 0.05) is 6.42 Å². The second-order valence-corrected chi connectivity index (χ2v) is 6.07. The number of hydrogen-bond donors (Lipinski definition) is 1. The fourth-order valence-corrected chi connectivity index (χ4v) is 4.08. The quantitative estimate of drug-likeness (QED) is 0.803. The van der Waals surface area contributed by atoms with Gasteiger partial charge >= 0.3 is 0 Å². The fraction of sp³-hybridized carbons (Fsp3) is 0.556. The Bertz CT molecular complexity index is 487. The molecule has 0 amide bonds. The van der Waals surface area contributed by atoms with Crippen LogP contribution in [0.15, 0.2) is 24.3 Å². The van der Waals surface area contributed by atoms with Crippen LogP contribution in [0.3, 0.4) is 0 Å². The molecule has 2 aliphatic carbocycles. The Morgan fingerprint density at radius 3 is 2.26 bits per heavy atom. The SMILES string of the molecule is CC#CCCC1(O)C2CCC1Cc1ccccc1C2. The van der Waals surface area contributed by atoms with Crippen molar-refractivity contribution in [3.05, 3.63) is 35.4 Å². The van der Waals surface area contributed by atoms with Gasteiger partial charge in [0.25, 0.3) is 0 Å². The summed E-state index contributed by atoms with van der Waals surface area (Å²) in [5.74, 6) is 6.93. The van der Waals surface area contributed by atoms with Crippen LogP contribution in [0.25, 0.3) is 0 Å². The lowest BCUT2D eigenvalue weighted by atomic mass is 9.79. The zero-order valence-electron chi connectivity index (χ0n) is 11.7. The molecule has 1 aromatic rings. The van der Waals surface area contributed by atoms with Crippen molar-refractivity contribution < 1.29 is 5.11 Å². The van der Waals surface area contributed by atoms with E-state index in [4.69, 9.17) is 0 Å². The molecule has 1 nitrogen and oxygen atoms in total. The number of fused-ring (bicyclic) bond motifs is 3. The molecule has 0 heterocycles. The van der Waals surface area contributed by atoms with Crippen molar-refractivity contribution in [1.82, 2.24) is 0 Å². The minimum absolute atomic E-state index is 0.430. The molecule has 2 unspecified atom stereocenters. The van der Waals surface area contributed by atoms with Crippen LogP contribution in [-0.4, -0.2) is 10.7 Å². The summed E-state index contributed by atoms with van der Waals surface area (Å²) < 4.78 is 0. The molecular weight excluding hydrogens is 232 g/mol. The van der Waals surface area contributed by atoms with Crippen molar-refractivity contribution >= 4 is 0 Å². The molecule has 0 radical (unpaired) electrons. The number of hydrogen-bond acceptors (Lipinski definition) is 1. The molecule has 0 spiro atoms. The number of benzene rings is 1. The van der Waals surface area contributed by atoms with E-state index in [1.54, 1.807) is 0 Å². The molecule has 0 aromatic heterocycles. The average molecular weight is 254 g/mol. The van der Waals surface area contributed by atoms with Crippen molar-refractivity contribution in [1.29, 1.82) is 0 Å². The summed E-state index contributed by atoms with van der Waals surface area (Å²) in [6.45, 7) is 1.88. The zero-order valence-corrected chi connectivity index (χ0v) is 11.7. The molecule has 1 fully saturated rings. The third-order valence-corrected chi connectivity index (χ3v) is 5.16. The van der Waals surface area contributed by atoms with E-state index in [0.29, 0.717) is 11.8 Å². The molecule has 2 bridgehead atoms. The molecule has 19 heavy (non-hydrogen) atoms. The van der Waals surface area contributed by atoms with Crippen LogP contribution in [-0.2, 0) is 12.8 Å². The van der Waals surface area contributed by atoms with E-state index in [1.807, 2.05) is 6.92 Å². The number of aliphatic hydroxyl groups is 1. The molecule has 1 N–H and O–H groups in total. The largest absolute Gasteiger partial charge is 0.389 e. The van der Waals surface area contributed by atoms with E-state index in [-0.39, 0.29) is 0 Å². The lowest BCUT2D eigenvalue weighted by Gasteiger charge is -2.33. The summed E-state index contributed by atoms with van der Waals surface area (Å²) >= 11 is 0. The predicted octanol–water partition coefficient (Wildman–Crippen LogP) is 3.35. The first-order valence-corrected chi connectivity index (χ1v) is 7.43. The van der Waals surface area contributed by atoms with E-state index in [1.165, 1.54) is 24.0 Å². The lowest BCUT2D eigenvalue weighted by molar-refractivity contribution is -0.0395. The van der Waals surface area contributed by atoms with Crippen molar-refractivity contribution in [2.45, 2.75) is 51.0 Å². The molecule has 2 atom stereocenters. The van der Waals surface area contributed by atoms with Crippen molar-refractivity contribution in [3.63, 3.8) is 0 Å². The summed E-state index contributed by atoms with van der Waals surface area (Å²) in [5, 5.41) is 11.2. The number of rotatable bonds is 2. The van der Waals surface area contributed by atoms with Gasteiger partial charge in [0.1, 0.15) is 0 Å². The summed E-state index contributed by atoms with van der Waals surface area (Å²) in [7, 11) is 0. The summed E-state index contributed by atoms with van der Waals surface area (Å²) in [4.78, 5) is 0. The highest BCUT2D eigenvalue weighted by molar-refractivity contribution is 5.31. The van der Waals surface area contributed by atoms with Gasteiger partial charge in [0.05, 0.1) is 5.60 Å². The molecule has 3 rings (SSSR count). The summed E-state index contributed by atoms with van der Waals surface area (Å²) in [6, 6.07) is 8.73. The highest BCUT2D eigenvalue weighted by atomic mass is 16.3. The van der Waals surface area contributed by atoms with Crippen LogP contribution in [0, 0.1) is 23.7 Å². The molecule has 1 heteroatoms. The Hall–Kier alpha value is -1.26. The summed E-state index contributed by atoms with van der Waals surface area (Å²) in [5.41, 5.74) is 2.42. The van der Waals surface area contributed by atoms with Gasteiger partial charge in [0.15, 0.2) is 0 Å². The maximum atomic E-state index is 11.2. The van der Waals surface area contributed by atoms with E-state index < -0.39 is 5.60 Å². The minimum Gasteiger partial charge on any atom is -0.389 e. The second kappa shape index (κ2) is 5.02. The van der Waals surface area contributed by atoms with E-state index in [2.05, 4.69) is 36.1 Å². The smallest absolute Gasteiger partial charge is 0.0719 e. The van der Waals surface area contributed by atoms with Crippen LogP contribution in [0.2, 0.25) is 0 Å². The van der Waals surface area contributed by atoms with Crippen molar-refractivity contribution in [2.24, 2.45) is 11.8 Å². The standard InChI is InChI=1S/C18H22O/c1-2-3-6-11-18(19)16-9-10-17(18)13-15-8-5-4-7-14(15)12-16/h4-5,7-8,16-17,19H,6,9-13H2,1H3. The highest BCUT2D eigenvalue weighted by Crippen LogP contribution is 2.49. The Labute approximate surface area is 116 Å². The first-order chi connectivity index (χ1) is 9.24. The van der Waals surface area contributed by atoms with E-state index >= 15 is 0 Å². The summed E-state index contributed by atoms with van der Waals surface area (Å²) in [6.07, 6.45) is 6.11. The maximum absolute atomic E-state index is 11.2. The molecular formula is C18H22O. The van der Waals surface area contributed by atoms with Gasteiger partial charge in [0.2, 0.25) is 0 Å². The van der Waals surface area contributed by atoms with Crippen molar-refractivity contribution in [3.8, 4) is 11.8 Å². The third-order valence-electron chi connectivity index (χ3n) is 5.16. The Morgan fingerprint density at radius 1 is 1.16 bits per heavy atom. The van der Waals surface area contributed by atoms with Gasteiger partial charge in [-0.15, -0.1) is 11.8 Å². The van der Waals surface area contributed by atoms with Gasteiger partial charge in [-0.3, -0.25) is 0 Å². The average Bonchev–Trinajstić information content (AvgIpc) is 2.62. The van der Waals surface area contributed by atoms with Crippen LogP contribution in [0.1, 0.15) is 43.7 Å². The maximum Gasteiger partial charge on any atom is 0.0719 e. The normalized spacial score (nSPS) is 32.1. The lowest BCUT2D eigenvalue weighted by Crippen LogP contribution is -2.40. The molecule has 0 saturated heterocycles. The molecule has 2 aliphatic rings. The highest BCUT2D eigenvalue weighted by Gasteiger charge is 2.49. The van der Waals surface area contributed by atoms with Crippen molar-refractivity contribution in [2.75, 3.05) is 0 Å². The van der Waals surface area contributed by atoms with Gasteiger partial charge in [-0.2, -0.15) is 0 Å². The van der Waals surface area contributed by atoms with Gasteiger partial charge in [-0.05, 0) is 62.0 Å². The minimum atomic E-state index is -0.483. The Morgan fingerprint density at radius 2 is 1.74 bits per heavy atom. The molecule has 1 saturated carbocycles. The molecule has 100 valence electrons.